The standard InChI is InChI=1S/C48H33NS/c1-4-13-35(14-5-1)42-32-27-38(33-46(42)36-15-6-2-7-16-36)34-23-28-40(29-24-34)49(39-17-8-3-9-18-39)41-30-25-37(26-31-41)43-20-12-21-45-44-19-10-11-22-47(44)50-48(43)45/h1-33H. The molecule has 9 aromatic rings. The topological polar surface area (TPSA) is 3.24 Å². The average Bonchev–Trinajstić information content (AvgIpc) is 3.59. The zero-order valence-electron chi connectivity index (χ0n) is 27.4. The molecule has 1 heterocycles. The minimum Gasteiger partial charge on any atom is -0.311 e. The minimum atomic E-state index is 1.11. The van der Waals surface area contributed by atoms with E-state index in [1.54, 1.807) is 0 Å². The van der Waals surface area contributed by atoms with Crippen molar-refractivity contribution in [2.24, 2.45) is 0 Å². The lowest BCUT2D eigenvalue weighted by Crippen LogP contribution is -2.09. The molecule has 0 unspecified atom stereocenters. The molecule has 0 N–H and O–H groups in total. The van der Waals surface area contributed by atoms with E-state index < -0.39 is 0 Å². The summed E-state index contributed by atoms with van der Waals surface area (Å²) in [5.74, 6) is 0. The predicted octanol–water partition coefficient (Wildman–Crippen LogP) is 14.2. The van der Waals surface area contributed by atoms with E-state index in [1.807, 2.05) is 11.3 Å². The van der Waals surface area contributed by atoms with Crippen LogP contribution in [0.3, 0.4) is 0 Å². The molecule has 0 radical (unpaired) electrons. The Bertz CT molecular complexity index is 2550. The van der Waals surface area contributed by atoms with Crippen molar-refractivity contribution in [3.05, 3.63) is 200 Å². The Morgan fingerprint density at radius 3 is 1.48 bits per heavy atom. The molecule has 1 aromatic heterocycles. The monoisotopic (exact) mass is 655 g/mol. The lowest BCUT2D eigenvalue weighted by atomic mass is 9.91. The number of thiophene rings is 1. The molecule has 1 nitrogen and oxygen atoms in total. The fourth-order valence-corrected chi connectivity index (χ4v) is 8.28. The molecule has 0 fully saturated rings. The van der Waals surface area contributed by atoms with Gasteiger partial charge in [0.25, 0.3) is 0 Å². The summed E-state index contributed by atoms with van der Waals surface area (Å²) in [4.78, 5) is 2.33. The Labute approximate surface area is 297 Å². The van der Waals surface area contributed by atoms with E-state index in [2.05, 4.69) is 205 Å². The smallest absolute Gasteiger partial charge is 0.0462 e. The Morgan fingerprint density at radius 2 is 0.800 bits per heavy atom. The van der Waals surface area contributed by atoms with Crippen LogP contribution in [-0.4, -0.2) is 0 Å². The van der Waals surface area contributed by atoms with Crippen molar-refractivity contribution < 1.29 is 0 Å². The number of fused-ring (bicyclic) bond motifs is 3. The molecule has 50 heavy (non-hydrogen) atoms. The SMILES string of the molecule is c1ccc(-c2ccc(-c3ccc(N(c4ccccc4)c4ccc(-c5cccc6c5sc5ccccc56)cc4)cc3)cc2-c2ccccc2)cc1. The average molecular weight is 656 g/mol. The summed E-state index contributed by atoms with van der Waals surface area (Å²) in [6, 6.07) is 72.2. The molecule has 236 valence electrons. The lowest BCUT2D eigenvalue weighted by Gasteiger charge is -2.26. The van der Waals surface area contributed by atoms with Gasteiger partial charge in [0, 0.05) is 37.2 Å². The quantitative estimate of drug-likeness (QED) is 0.165. The van der Waals surface area contributed by atoms with E-state index in [0.717, 1.165) is 17.1 Å². The number of benzene rings is 8. The van der Waals surface area contributed by atoms with Crippen LogP contribution in [0.4, 0.5) is 17.1 Å². The molecule has 0 aliphatic heterocycles. The van der Waals surface area contributed by atoms with Crippen LogP contribution in [0.25, 0.3) is 64.7 Å². The van der Waals surface area contributed by atoms with Crippen LogP contribution in [0.5, 0.6) is 0 Å². The molecule has 0 aliphatic carbocycles. The second kappa shape index (κ2) is 13.0. The van der Waals surface area contributed by atoms with Crippen LogP contribution in [0.1, 0.15) is 0 Å². The number of rotatable bonds is 7. The number of para-hydroxylation sites is 1. The molecule has 9 rings (SSSR count). The summed E-state index contributed by atoms with van der Waals surface area (Å²) >= 11 is 1.88. The van der Waals surface area contributed by atoms with Gasteiger partial charge in [-0.05, 0) is 93.0 Å². The number of anilines is 3. The van der Waals surface area contributed by atoms with E-state index in [-0.39, 0.29) is 0 Å². The first-order valence-electron chi connectivity index (χ1n) is 17.0. The van der Waals surface area contributed by atoms with Crippen molar-refractivity contribution in [1.29, 1.82) is 0 Å². The molecule has 0 aliphatic rings. The molecule has 0 atom stereocenters. The zero-order chi connectivity index (χ0) is 33.3. The Hall–Kier alpha value is -6.22. The molecule has 0 spiro atoms. The van der Waals surface area contributed by atoms with Crippen molar-refractivity contribution in [2.75, 3.05) is 4.90 Å². The molecule has 0 saturated heterocycles. The normalized spacial score (nSPS) is 11.2. The maximum atomic E-state index is 2.33. The number of nitrogens with zero attached hydrogens (tertiary/aromatic N) is 1. The van der Waals surface area contributed by atoms with Crippen LogP contribution in [0, 0.1) is 0 Å². The van der Waals surface area contributed by atoms with Gasteiger partial charge in [0.2, 0.25) is 0 Å². The van der Waals surface area contributed by atoms with Gasteiger partial charge in [-0.25, -0.2) is 0 Å². The maximum absolute atomic E-state index is 2.33. The molecule has 2 heteroatoms. The third-order valence-corrected chi connectivity index (χ3v) is 10.7. The van der Waals surface area contributed by atoms with E-state index in [1.165, 1.54) is 64.7 Å². The van der Waals surface area contributed by atoms with Crippen LogP contribution >= 0.6 is 11.3 Å². The second-order valence-corrected chi connectivity index (χ2v) is 13.6. The lowest BCUT2D eigenvalue weighted by molar-refractivity contribution is 1.28. The van der Waals surface area contributed by atoms with E-state index in [4.69, 9.17) is 0 Å². The summed E-state index contributed by atoms with van der Waals surface area (Å²) in [5.41, 5.74) is 13.1. The third kappa shape index (κ3) is 5.56. The molecule has 8 aromatic carbocycles. The van der Waals surface area contributed by atoms with Gasteiger partial charge in [-0.1, -0.05) is 152 Å². The fraction of sp³-hybridized carbons (Fsp3) is 0. The van der Waals surface area contributed by atoms with Gasteiger partial charge < -0.3 is 4.90 Å². The van der Waals surface area contributed by atoms with Gasteiger partial charge in [-0.2, -0.15) is 0 Å². The van der Waals surface area contributed by atoms with Crippen molar-refractivity contribution >= 4 is 48.6 Å². The largest absolute Gasteiger partial charge is 0.311 e. The predicted molar refractivity (Wildman–Crippen MR) is 216 cm³/mol. The van der Waals surface area contributed by atoms with Crippen LogP contribution in [0.15, 0.2) is 200 Å². The summed E-state index contributed by atoms with van der Waals surface area (Å²) in [5, 5.41) is 2.65. The Kier molecular flexibility index (Phi) is 7.77. The van der Waals surface area contributed by atoms with Gasteiger partial charge in [0.15, 0.2) is 0 Å². The highest BCUT2D eigenvalue weighted by molar-refractivity contribution is 7.26. The van der Waals surface area contributed by atoms with Crippen LogP contribution in [-0.2, 0) is 0 Å². The van der Waals surface area contributed by atoms with Crippen LogP contribution < -0.4 is 4.90 Å². The summed E-state index contributed by atoms with van der Waals surface area (Å²) in [7, 11) is 0. The van der Waals surface area contributed by atoms with Gasteiger partial charge in [-0.15, -0.1) is 11.3 Å². The van der Waals surface area contributed by atoms with Crippen molar-refractivity contribution in [3.63, 3.8) is 0 Å². The molecular weight excluding hydrogens is 623 g/mol. The summed E-state index contributed by atoms with van der Waals surface area (Å²) < 4.78 is 2.66. The first-order chi connectivity index (χ1) is 24.8. The zero-order valence-corrected chi connectivity index (χ0v) is 28.2. The van der Waals surface area contributed by atoms with Crippen molar-refractivity contribution in [3.8, 4) is 44.5 Å². The van der Waals surface area contributed by atoms with Gasteiger partial charge in [0.1, 0.15) is 0 Å². The van der Waals surface area contributed by atoms with Gasteiger partial charge in [-0.3, -0.25) is 0 Å². The Balaban J connectivity index is 1.08. The first kappa shape index (κ1) is 29.9. The first-order valence-corrected chi connectivity index (χ1v) is 17.8. The van der Waals surface area contributed by atoms with E-state index in [9.17, 15) is 0 Å². The fourth-order valence-electron chi connectivity index (χ4n) is 7.04. The summed E-state index contributed by atoms with van der Waals surface area (Å²) in [6.45, 7) is 0. The van der Waals surface area contributed by atoms with Crippen LogP contribution in [0.2, 0.25) is 0 Å². The molecular formula is C48H33NS. The van der Waals surface area contributed by atoms with Gasteiger partial charge >= 0.3 is 0 Å². The minimum absolute atomic E-state index is 1.11. The highest BCUT2D eigenvalue weighted by Crippen LogP contribution is 2.42. The van der Waals surface area contributed by atoms with E-state index in [0.29, 0.717) is 0 Å². The van der Waals surface area contributed by atoms with Crippen molar-refractivity contribution in [1.82, 2.24) is 0 Å². The molecule has 0 amide bonds. The molecule has 0 bridgehead atoms. The molecule has 0 saturated carbocycles. The number of hydrogen-bond donors (Lipinski definition) is 0. The third-order valence-electron chi connectivity index (χ3n) is 9.50. The van der Waals surface area contributed by atoms with Crippen molar-refractivity contribution in [2.45, 2.75) is 0 Å². The van der Waals surface area contributed by atoms with E-state index >= 15 is 0 Å². The van der Waals surface area contributed by atoms with Gasteiger partial charge in [0.05, 0.1) is 0 Å². The number of hydrogen-bond acceptors (Lipinski definition) is 2. The Morgan fingerprint density at radius 1 is 0.300 bits per heavy atom. The summed E-state index contributed by atoms with van der Waals surface area (Å²) in [6.07, 6.45) is 0. The second-order valence-electron chi connectivity index (χ2n) is 12.5. The highest BCUT2D eigenvalue weighted by Gasteiger charge is 2.15. The highest BCUT2D eigenvalue weighted by atomic mass is 32.1. The maximum Gasteiger partial charge on any atom is 0.0462 e.